The third-order valence-electron chi connectivity index (χ3n) is 3.74. The molecule has 18 heavy (non-hydrogen) atoms. The van der Waals surface area contributed by atoms with Crippen LogP contribution in [-0.2, 0) is 4.74 Å². The van der Waals surface area contributed by atoms with Crippen molar-refractivity contribution in [3.05, 3.63) is 0 Å². The molecule has 0 aliphatic carbocycles. The summed E-state index contributed by atoms with van der Waals surface area (Å²) in [6.45, 7) is 11.2. The van der Waals surface area contributed by atoms with Crippen molar-refractivity contribution in [3.8, 4) is 0 Å². The predicted octanol–water partition coefficient (Wildman–Crippen LogP) is 2.66. The summed E-state index contributed by atoms with van der Waals surface area (Å²) in [7, 11) is 0. The third kappa shape index (κ3) is 7.34. The van der Waals surface area contributed by atoms with E-state index in [2.05, 4.69) is 24.1 Å². The quantitative estimate of drug-likeness (QED) is 0.575. The lowest BCUT2D eigenvalue weighted by molar-refractivity contribution is 0.0751. The van der Waals surface area contributed by atoms with Crippen LogP contribution >= 0.6 is 0 Å². The first-order valence-corrected chi connectivity index (χ1v) is 7.91. The third-order valence-corrected chi connectivity index (χ3v) is 3.74. The molecule has 0 aromatic carbocycles. The number of nitrogens with one attached hydrogen (secondary N) is 1. The Morgan fingerprint density at radius 2 is 2.06 bits per heavy atom. The molecule has 1 fully saturated rings. The molecule has 1 N–H and O–H groups in total. The summed E-state index contributed by atoms with van der Waals surface area (Å²) in [5.74, 6) is 0. The molecule has 0 spiro atoms. The Kier molecular flexibility index (Phi) is 9.54. The van der Waals surface area contributed by atoms with Crippen LogP contribution in [0.4, 0.5) is 0 Å². The van der Waals surface area contributed by atoms with Crippen LogP contribution in [0.1, 0.15) is 52.4 Å². The van der Waals surface area contributed by atoms with Gasteiger partial charge in [-0.3, -0.25) is 4.90 Å². The second-order valence-corrected chi connectivity index (χ2v) is 5.34. The summed E-state index contributed by atoms with van der Waals surface area (Å²) >= 11 is 0. The molecule has 1 saturated heterocycles. The number of hydrogen-bond donors (Lipinski definition) is 1. The fourth-order valence-electron chi connectivity index (χ4n) is 2.49. The first kappa shape index (κ1) is 15.9. The molecule has 1 unspecified atom stereocenters. The van der Waals surface area contributed by atoms with E-state index in [1.54, 1.807) is 0 Å². The van der Waals surface area contributed by atoms with Crippen LogP contribution in [0.15, 0.2) is 0 Å². The SMILES string of the molecule is CCCCCCNCCN(CC)CC1CCCO1. The Labute approximate surface area is 113 Å². The number of rotatable bonds is 11. The molecular weight excluding hydrogens is 224 g/mol. The minimum Gasteiger partial charge on any atom is -0.377 e. The van der Waals surface area contributed by atoms with Crippen molar-refractivity contribution in [3.63, 3.8) is 0 Å². The van der Waals surface area contributed by atoms with E-state index in [1.165, 1.54) is 45.1 Å². The largest absolute Gasteiger partial charge is 0.377 e. The van der Waals surface area contributed by atoms with Gasteiger partial charge in [-0.15, -0.1) is 0 Å². The molecule has 0 aromatic rings. The van der Waals surface area contributed by atoms with Crippen LogP contribution in [0.25, 0.3) is 0 Å². The summed E-state index contributed by atoms with van der Waals surface area (Å²) in [4.78, 5) is 2.51. The summed E-state index contributed by atoms with van der Waals surface area (Å²) in [6, 6.07) is 0. The van der Waals surface area contributed by atoms with Crippen LogP contribution in [-0.4, -0.2) is 50.3 Å². The summed E-state index contributed by atoms with van der Waals surface area (Å²) in [5.41, 5.74) is 0. The highest BCUT2D eigenvalue weighted by atomic mass is 16.5. The highest BCUT2D eigenvalue weighted by Gasteiger charge is 2.17. The molecule has 1 aliphatic heterocycles. The first-order chi connectivity index (χ1) is 8.86. The normalized spacial score (nSPS) is 19.8. The number of ether oxygens (including phenoxy) is 1. The molecule has 1 rings (SSSR count). The van der Waals surface area contributed by atoms with Crippen molar-refractivity contribution in [1.29, 1.82) is 0 Å². The summed E-state index contributed by atoms with van der Waals surface area (Å²) in [5, 5.41) is 3.55. The Morgan fingerprint density at radius 3 is 2.72 bits per heavy atom. The monoisotopic (exact) mass is 256 g/mol. The van der Waals surface area contributed by atoms with Gasteiger partial charge in [0.2, 0.25) is 0 Å². The van der Waals surface area contributed by atoms with Gasteiger partial charge < -0.3 is 10.1 Å². The molecule has 1 atom stereocenters. The molecular formula is C15H32N2O. The Bertz CT molecular complexity index is 181. The minimum atomic E-state index is 0.495. The minimum absolute atomic E-state index is 0.495. The first-order valence-electron chi connectivity index (χ1n) is 7.91. The Balaban J connectivity index is 1.94. The van der Waals surface area contributed by atoms with Gasteiger partial charge in [0.05, 0.1) is 6.10 Å². The number of hydrogen-bond acceptors (Lipinski definition) is 3. The standard InChI is InChI=1S/C15H32N2O/c1-3-5-6-7-10-16-11-12-17(4-2)14-15-9-8-13-18-15/h15-16H,3-14H2,1-2H3. The molecule has 0 amide bonds. The number of unbranched alkanes of at least 4 members (excludes halogenated alkanes) is 3. The molecule has 3 nitrogen and oxygen atoms in total. The highest BCUT2D eigenvalue weighted by Crippen LogP contribution is 2.12. The predicted molar refractivity (Wildman–Crippen MR) is 78.1 cm³/mol. The second-order valence-electron chi connectivity index (χ2n) is 5.34. The van der Waals surface area contributed by atoms with Gasteiger partial charge >= 0.3 is 0 Å². The molecule has 0 saturated carbocycles. The van der Waals surface area contributed by atoms with Gasteiger partial charge in [0.15, 0.2) is 0 Å². The fraction of sp³-hybridized carbons (Fsp3) is 1.00. The Morgan fingerprint density at radius 1 is 1.17 bits per heavy atom. The van der Waals surface area contributed by atoms with Gasteiger partial charge in [-0.25, -0.2) is 0 Å². The fourth-order valence-corrected chi connectivity index (χ4v) is 2.49. The maximum atomic E-state index is 5.69. The van der Waals surface area contributed by atoms with Crippen LogP contribution in [0, 0.1) is 0 Å². The van der Waals surface area contributed by atoms with Crippen molar-refractivity contribution < 1.29 is 4.74 Å². The second kappa shape index (κ2) is 10.8. The molecule has 0 bridgehead atoms. The van der Waals surface area contributed by atoms with Gasteiger partial charge in [0.1, 0.15) is 0 Å². The Hall–Kier alpha value is -0.120. The summed E-state index contributed by atoms with van der Waals surface area (Å²) < 4.78 is 5.69. The highest BCUT2D eigenvalue weighted by molar-refractivity contribution is 4.70. The van der Waals surface area contributed by atoms with E-state index >= 15 is 0 Å². The van der Waals surface area contributed by atoms with E-state index in [0.717, 1.165) is 32.8 Å². The van der Waals surface area contributed by atoms with Gasteiger partial charge in [-0.1, -0.05) is 33.1 Å². The topological polar surface area (TPSA) is 24.5 Å². The van der Waals surface area contributed by atoms with Crippen molar-refractivity contribution in [1.82, 2.24) is 10.2 Å². The van der Waals surface area contributed by atoms with Crippen molar-refractivity contribution >= 4 is 0 Å². The van der Waals surface area contributed by atoms with Crippen molar-refractivity contribution in [2.75, 3.05) is 39.3 Å². The molecule has 0 radical (unpaired) electrons. The molecule has 1 heterocycles. The lowest BCUT2D eigenvalue weighted by atomic mass is 10.2. The number of likely N-dealkylation sites (N-methyl/N-ethyl adjacent to an activating group) is 1. The summed E-state index contributed by atoms with van der Waals surface area (Å²) in [6.07, 6.45) is 8.39. The maximum absolute atomic E-state index is 5.69. The molecule has 1 aliphatic rings. The van der Waals surface area contributed by atoms with Gasteiger partial charge in [-0.2, -0.15) is 0 Å². The van der Waals surface area contributed by atoms with Crippen LogP contribution in [0.2, 0.25) is 0 Å². The van der Waals surface area contributed by atoms with Crippen LogP contribution < -0.4 is 5.32 Å². The van der Waals surface area contributed by atoms with Crippen LogP contribution in [0.3, 0.4) is 0 Å². The molecule has 108 valence electrons. The maximum Gasteiger partial charge on any atom is 0.0702 e. The average Bonchev–Trinajstić information content (AvgIpc) is 2.89. The van der Waals surface area contributed by atoms with E-state index in [9.17, 15) is 0 Å². The van der Waals surface area contributed by atoms with Crippen molar-refractivity contribution in [2.45, 2.75) is 58.5 Å². The zero-order chi connectivity index (χ0) is 13.1. The lowest BCUT2D eigenvalue weighted by Gasteiger charge is -2.23. The lowest BCUT2D eigenvalue weighted by Crippen LogP contribution is -2.37. The van der Waals surface area contributed by atoms with E-state index < -0.39 is 0 Å². The smallest absolute Gasteiger partial charge is 0.0702 e. The van der Waals surface area contributed by atoms with E-state index in [-0.39, 0.29) is 0 Å². The van der Waals surface area contributed by atoms with E-state index in [1.807, 2.05) is 0 Å². The van der Waals surface area contributed by atoms with Crippen molar-refractivity contribution in [2.24, 2.45) is 0 Å². The molecule has 3 heteroatoms. The van der Waals surface area contributed by atoms with Gasteiger partial charge in [0, 0.05) is 26.2 Å². The molecule has 0 aromatic heterocycles. The van der Waals surface area contributed by atoms with Gasteiger partial charge in [0.25, 0.3) is 0 Å². The van der Waals surface area contributed by atoms with E-state index in [4.69, 9.17) is 4.74 Å². The average molecular weight is 256 g/mol. The van der Waals surface area contributed by atoms with Gasteiger partial charge in [-0.05, 0) is 32.4 Å². The zero-order valence-electron chi connectivity index (χ0n) is 12.4. The number of nitrogens with zero attached hydrogens (tertiary/aromatic N) is 1. The zero-order valence-corrected chi connectivity index (χ0v) is 12.4. The van der Waals surface area contributed by atoms with E-state index in [0.29, 0.717) is 6.10 Å². The van der Waals surface area contributed by atoms with Crippen LogP contribution in [0.5, 0.6) is 0 Å².